The molecule has 7 heteroatoms. The summed E-state index contributed by atoms with van der Waals surface area (Å²) in [5, 5.41) is 0. The first-order valence-electron chi connectivity index (χ1n) is 7.44. The Kier molecular flexibility index (Phi) is 5.08. The van der Waals surface area contributed by atoms with Gasteiger partial charge in [0.2, 0.25) is 15.9 Å². The van der Waals surface area contributed by atoms with Crippen molar-refractivity contribution in [1.29, 1.82) is 0 Å². The second kappa shape index (κ2) is 6.66. The van der Waals surface area contributed by atoms with E-state index in [1.165, 1.54) is 12.1 Å². The van der Waals surface area contributed by atoms with Crippen molar-refractivity contribution in [2.24, 2.45) is 5.92 Å². The summed E-state index contributed by atoms with van der Waals surface area (Å²) in [4.78, 5) is 14.0. The highest BCUT2D eigenvalue weighted by Gasteiger charge is 2.27. The van der Waals surface area contributed by atoms with E-state index in [4.69, 9.17) is 4.74 Å². The van der Waals surface area contributed by atoms with Crippen LogP contribution in [0, 0.1) is 5.92 Å². The number of hydrogen-bond acceptors (Lipinski definition) is 4. The van der Waals surface area contributed by atoms with Crippen molar-refractivity contribution in [2.75, 3.05) is 24.6 Å². The molecule has 0 aromatic heterocycles. The van der Waals surface area contributed by atoms with Gasteiger partial charge in [0.05, 0.1) is 17.1 Å². The average molecular weight is 326 g/mol. The first-order valence-corrected chi connectivity index (χ1v) is 8.93. The van der Waals surface area contributed by atoms with Gasteiger partial charge in [0.25, 0.3) is 0 Å². The summed E-state index contributed by atoms with van der Waals surface area (Å²) in [6, 6.07) is 4.61. The molecule has 0 bridgehead atoms. The molecule has 2 rings (SSSR count). The maximum Gasteiger partial charge on any atom is 0.240 e. The highest BCUT2D eigenvalue weighted by Crippen LogP contribution is 2.34. The first-order chi connectivity index (χ1) is 10.4. The third-order valence-electron chi connectivity index (χ3n) is 3.41. The maximum atomic E-state index is 12.3. The molecule has 0 saturated carbocycles. The van der Waals surface area contributed by atoms with E-state index in [0.717, 1.165) is 0 Å². The summed E-state index contributed by atoms with van der Waals surface area (Å²) in [5.74, 6) is 0.333. The third kappa shape index (κ3) is 3.41. The summed E-state index contributed by atoms with van der Waals surface area (Å²) < 4.78 is 32.5. The zero-order chi connectivity index (χ0) is 16.3. The predicted octanol–water partition coefficient (Wildman–Crippen LogP) is 1.76. The minimum absolute atomic E-state index is 0.0411. The number of ether oxygens (including phenoxy) is 1. The SMILES string of the molecule is CCCNS(=O)(=O)c1ccc2c(c1)N(C(=O)C(C)C)CCO2. The number of carbonyl (C=O) groups excluding carboxylic acids is 1. The maximum absolute atomic E-state index is 12.3. The number of fused-ring (bicyclic) bond motifs is 1. The molecule has 0 atom stereocenters. The van der Waals surface area contributed by atoms with Crippen LogP contribution < -0.4 is 14.4 Å². The lowest BCUT2D eigenvalue weighted by Gasteiger charge is -2.31. The van der Waals surface area contributed by atoms with Crippen LogP contribution in [0.2, 0.25) is 0 Å². The van der Waals surface area contributed by atoms with E-state index in [1.54, 1.807) is 11.0 Å². The molecule has 0 radical (unpaired) electrons. The predicted molar refractivity (Wildman–Crippen MR) is 84.6 cm³/mol. The number of hydrogen-bond donors (Lipinski definition) is 1. The van der Waals surface area contributed by atoms with Gasteiger partial charge in [-0.1, -0.05) is 20.8 Å². The second-order valence-corrected chi connectivity index (χ2v) is 7.29. The number of anilines is 1. The monoisotopic (exact) mass is 326 g/mol. The van der Waals surface area contributed by atoms with Gasteiger partial charge < -0.3 is 9.64 Å². The topological polar surface area (TPSA) is 75.7 Å². The smallest absolute Gasteiger partial charge is 0.240 e. The van der Waals surface area contributed by atoms with Gasteiger partial charge in [-0.2, -0.15) is 0 Å². The molecule has 6 nitrogen and oxygen atoms in total. The normalized spacial score (nSPS) is 14.6. The second-order valence-electron chi connectivity index (χ2n) is 5.52. The fourth-order valence-corrected chi connectivity index (χ4v) is 3.38. The lowest BCUT2D eigenvalue weighted by molar-refractivity contribution is -0.121. The molecule has 0 aliphatic carbocycles. The van der Waals surface area contributed by atoms with Crippen LogP contribution in [0.15, 0.2) is 23.1 Å². The van der Waals surface area contributed by atoms with Crippen LogP contribution in [0.1, 0.15) is 27.2 Å². The van der Waals surface area contributed by atoms with Crippen LogP contribution in [0.3, 0.4) is 0 Å². The van der Waals surface area contributed by atoms with E-state index >= 15 is 0 Å². The standard InChI is InChI=1S/C15H22N2O4S/c1-4-7-16-22(19,20)12-5-6-14-13(10-12)17(8-9-21-14)15(18)11(2)3/h5-6,10-11,16H,4,7-9H2,1-3H3. The van der Waals surface area contributed by atoms with Crippen LogP contribution >= 0.6 is 0 Å². The zero-order valence-electron chi connectivity index (χ0n) is 13.1. The molecule has 0 saturated heterocycles. The van der Waals surface area contributed by atoms with E-state index in [0.29, 0.717) is 37.6 Å². The number of benzene rings is 1. The molecule has 122 valence electrons. The lowest BCUT2D eigenvalue weighted by atomic mass is 10.1. The van der Waals surface area contributed by atoms with E-state index in [-0.39, 0.29) is 16.7 Å². The van der Waals surface area contributed by atoms with Crippen LogP contribution in [-0.2, 0) is 14.8 Å². The van der Waals surface area contributed by atoms with Crippen molar-refractivity contribution in [2.45, 2.75) is 32.1 Å². The number of nitrogens with zero attached hydrogens (tertiary/aromatic N) is 1. The molecule has 22 heavy (non-hydrogen) atoms. The van der Waals surface area contributed by atoms with Crippen molar-refractivity contribution in [3.63, 3.8) is 0 Å². The van der Waals surface area contributed by atoms with Crippen molar-refractivity contribution >= 4 is 21.6 Å². The minimum atomic E-state index is -3.57. The molecule has 1 aliphatic heterocycles. The molecule has 0 unspecified atom stereocenters. The molecular formula is C15H22N2O4S. The largest absolute Gasteiger partial charge is 0.490 e. The van der Waals surface area contributed by atoms with Gasteiger partial charge in [-0.25, -0.2) is 13.1 Å². The summed E-state index contributed by atoms with van der Waals surface area (Å²) in [7, 11) is -3.57. The Bertz CT molecular complexity index is 656. The van der Waals surface area contributed by atoms with Crippen LogP contribution in [0.5, 0.6) is 5.75 Å². The Labute approximate surface area is 131 Å². The van der Waals surface area contributed by atoms with Crippen molar-refractivity contribution in [3.8, 4) is 5.75 Å². The molecule has 1 aromatic rings. The van der Waals surface area contributed by atoms with Crippen molar-refractivity contribution in [3.05, 3.63) is 18.2 Å². The van der Waals surface area contributed by atoms with Gasteiger partial charge in [-0.05, 0) is 24.6 Å². The van der Waals surface area contributed by atoms with Gasteiger partial charge in [0, 0.05) is 12.5 Å². The summed E-state index contributed by atoms with van der Waals surface area (Å²) in [5.41, 5.74) is 0.518. The fraction of sp³-hybridized carbons (Fsp3) is 0.533. The van der Waals surface area contributed by atoms with Gasteiger partial charge in [-0.15, -0.1) is 0 Å². The molecule has 0 fully saturated rings. The molecular weight excluding hydrogens is 304 g/mol. The molecule has 1 aliphatic rings. The van der Waals surface area contributed by atoms with E-state index in [9.17, 15) is 13.2 Å². The van der Waals surface area contributed by atoms with Crippen molar-refractivity contribution < 1.29 is 17.9 Å². The van der Waals surface area contributed by atoms with E-state index in [1.807, 2.05) is 20.8 Å². The molecule has 1 amide bonds. The Hall–Kier alpha value is -1.60. The Morgan fingerprint density at radius 3 is 2.77 bits per heavy atom. The Morgan fingerprint density at radius 1 is 1.41 bits per heavy atom. The van der Waals surface area contributed by atoms with E-state index < -0.39 is 10.0 Å². The third-order valence-corrected chi connectivity index (χ3v) is 4.86. The first kappa shape index (κ1) is 16.8. The lowest BCUT2D eigenvalue weighted by Crippen LogP contribution is -2.40. The summed E-state index contributed by atoms with van der Waals surface area (Å²) in [6.45, 7) is 6.75. The number of sulfonamides is 1. The van der Waals surface area contributed by atoms with Gasteiger partial charge in [0.1, 0.15) is 12.4 Å². The molecule has 1 heterocycles. The summed E-state index contributed by atoms with van der Waals surface area (Å²) >= 11 is 0. The number of nitrogens with one attached hydrogen (secondary N) is 1. The highest BCUT2D eigenvalue weighted by atomic mass is 32.2. The van der Waals surface area contributed by atoms with Crippen LogP contribution in [0.25, 0.3) is 0 Å². The quantitative estimate of drug-likeness (QED) is 0.894. The minimum Gasteiger partial charge on any atom is -0.490 e. The Morgan fingerprint density at radius 2 is 2.14 bits per heavy atom. The molecule has 1 N–H and O–H groups in total. The van der Waals surface area contributed by atoms with E-state index in [2.05, 4.69) is 4.72 Å². The zero-order valence-corrected chi connectivity index (χ0v) is 13.9. The number of carbonyl (C=O) groups is 1. The fourth-order valence-electron chi connectivity index (χ4n) is 2.23. The van der Waals surface area contributed by atoms with Crippen molar-refractivity contribution in [1.82, 2.24) is 4.72 Å². The average Bonchev–Trinajstić information content (AvgIpc) is 2.51. The van der Waals surface area contributed by atoms with Gasteiger partial charge in [0.15, 0.2) is 0 Å². The molecule has 0 spiro atoms. The summed E-state index contributed by atoms with van der Waals surface area (Å²) in [6.07, 6.45) is 0.714. The van der Waals surface area contributed by atoms with Gasteiger partial charge >= 0.3 is 0 Å². The van der Waals surface area contributed by atoms with Crippen LogP contribution in [-0.4, -0.2) is 34.0 Å². The molecule has 1 aromatic carbocycles. The highest BCUT2D eigenvalue weighted by molar-refractivity contribution is 7.89. The number of amides is 1. The van der Waals surface area contributed by atoms with Crippen LogP contribution in [0.4, 0.5) is 5.69 Å². The Balaban J connectivity index is 2.40. The number of rotatable bonds is 5. The van der Waals surface area contributed by atoms with Gasteiger partial charge in [-0.3, -0.25) is 4.79 Å².